The summed E-state index contributed by atoms with van der Waals surface area (Å²) in [5.41, 5.74) is 0.204. The van der Waals surface area contributed by atoms with E-state index in [0.717, 1.165) is 25.3 Å². The molecule has 2 rings (SSSR count). The van der Waals surface area contributed by atoms with Crippen LogP contribution in [0, 0.1) is 5.41 Å². The Morgan fingerprint density at radius 3 is 2.75 bits per heavy atom. The molecule has 1 fully saturated rings. The first kappa shape index (κ1) is 15.5. The zero-order valence-corrected chi connectivity index (χ0v) is 13.3. The average Bonchev–Trinajstić information content (AvgIpc) is 2.90. The lowest BCUT2D eigenvalue weighted by Gasteiger charge is -2.52. The van der Waals surface area contributed by atoms with Crippen LogP contribution in [0.4, 0.5) is 0 Å². The van der Waals surface area contributed by atoms with Gasteiger partial charge in [-0.25, -0.2) is 0 Å². The smallest absolute Gasteiger partial charge is 0.122 e. The Balaban J connectivity index is 1.89. The van der Waals surface area contributed by atoms with Crippen molar-refractivity contribution < 1.29 is 9.15 Å². The summed E-state index contributed by atoms with van der Waals surface area (Å²) in [4.78, 5) is 2.19. The van der Waals surface area contributed by atoms with Gasteiger partial charge in [0, 0.05) is 24.6 Å². The molecule has 4 nitrogen and oxygen atoms in total. The van der Waals surface area contributed by atoms with Crippen molar-refractivity contribution in [3.8, 4) is 0 Å². The van der Waals surface area contributed by atoms with E-state index in [9.17, 15) is 0 Å². The fraction of sp³-hybridized carbons (Fsp3) is 0.750. The fourth-order valence-corrected chi connectivity index (χ4v) is 2.99. The molecule has 1 saturated carbocycles. The van der Waals surface area contributed by atoms with Gasteiger partial charge < -0.3 is 14.5 Å². The molecule has 0 saturated heterocycles. The van der Waals surface area contributed by atoms with Crippen LogP contribution < -0.4 is 5.32 Å². The van der Waals surface area contributed by atoms with Crippen molar-refractivity contribution in [2.75, 3.05) is 27.2 Å². The van der Waals surface area contributed by atoms with Crippen molar-refractivity contribution in [1.29, 1.82) is 0 Å². The third kappa shape index (κ3) is 3.08. The van der Waals surface area contributed by atoms with E-state index in [1.54, 1.807) is 6.26 Å². The van der Waals surface area contributed by atoms with E-state index < -0.39 is 0 Å². The molecule has 1 aliphatic carbocycles. The van der Waals surface area contributed by atoms with Gasteiger partial charge in [0.15, 0.2) is 0 Å². The molecule has 1 aromatic heterocycles. The Kier molecular flexibility index (Phi) is 4.89. The minimum absolute atomic E-state index is 0.204. The summed E-state index contributed by atoms with van der Waals surface area (Å²) in [7, 11) is 4.17. The summed E-state index contributed by atoms with van der Waals surface area (Å²) >= 11 is 0. The average molecular weight is 280 g/mol. The van der Waals surface area contributed by atoms with Crippen molar-refractivity contribution in [1.82, 2.24) is 10.2 Å². The van der Waals surface area contributed by atoms with Gasteiger partial charge in [-0.2, -0.15) is 0 Å². The van der Waals surface area contributed by atoms with E-state index in [0.29, 0.717) is 12.1 Å². The highest BCUT2D eigenvalue weighted by Gasteiger charge is 2.48. The molecule has 4 heteroatoms. The van der Waals surface area contributed by atoms with E-state index in [2.05, 4.69) is 45.1 Å². The summed E-state index contributed by atoms with van der Waals surface area (Å²) in [6.45, 7) is 8.33. The van der Waals surface area contributed by atoms with E-state index >= 15 is 0 Å². The minimum Gasteiger partial charge on any atom is -0.468 e. The molecule has 0 aromatic carbocycles. The molecule has 1 N–H and O–H groups in total. The number of rotatable bonds is 7. The van der Waals surface area contributed by atoms with Crippen LogP contribution in [0.3, 0.4) is 0 Å². The maximum absolute atomic E-state index is 5.78. The van der Waals surface area contributed by atoms with Crippen LogP contribution >= 0.6 is 0 Å². The normalized spacial score (nSPS) is 26.5. The quantitative estimate of drug-likeness (QED) is 0.833. The number of nitrogens with zero attached hydrogens (tertiary/aromatic N) is 1. The Bertz CT molecular complexity index is 401. The number of likely N-dealkylation sites (N-methyl/N-ethyl adjacent to an activating group) is 1. The molecule has 0 aliphatic heterocycles. The van der Waals surface area contributed by atoms with Crippen LogP contribution in [0.15, 0.2) is 22.8 Å². The highest BCUT2D eigenvalue weighted by atomic mass is 16.5. The molecule has 1 aliphatic rings. The molecular formula is C16H28N2O2. The van der Waals surface area contributed by atoms with Gasteiger partial charge >= 0.3 is 0 Å². The lowest BCUT2D eigenvalue weighted by Crippen LogP contribution is -2.61. The third-order valence-corrected chi connectivity index (χ3v) is 4.60. The lowest BCUT2D eigenvalue weighted by molar-refractivity contribution is -0.114. The monoisotopic (exact) mass is 280 g/mol. The standard InChI is InChI=1S/C16H28N2O2/c1-6-19-15-10-14(16(15,2)3)17-11-12(18(4)5)13-8-7-9-20-13/h7-9,12,14-15,17H,6,10-11H2,1-5H3. The van der Waals surface area contributed by atoms with Gasteiger partial charge in [-0.3, -0.25) is 4.90 Å². The van der Waals surface area contributed by atoms with Crippen molar-refractivity contribution >= 4 is 0 Å². The number of nitrogens with one attached hydrogen (secondary N) is 1. The predicted molar refractivity (Wildman–Crippen MR) is 80.7 cm³/mol. The highest BCUT2D eigenvalue weighted by Crippen LogP contribution is 2.42. The van der Waals surface area contributed by atoms with Crippen molar-refractivity contribution in [2.45, 2.75) is 45.4 Å². The van der Waals surface area contributed by atoms with Crippen LogP contribution in [0.25, 0.3) is 0 Å². The third-order valence-electron chi connectivity index (χ3n) is 4.60. The second-order valence-corrected chi connectivity index (χ2v) is 6.46. The summed E-state index contributed by atoms with van der Waals surface area (Å²) in [5.74, 6) is 1.01. The van der Waals surface area contributed by atoms with Crippen molar-refractivity contribution in [2.24, 2.45) is 5.41 Å². The van der Waals surface area contributed by atoms with Crippen LogP contribution in [0.1, 0.15) is 39.0 Å². The number of hydrogen-bond donors (Lipinski definition) is 1. The Labute approximate surface area is 122 Å². The Hall–Kier alpha value is -0.840. The molecule has 0 bridgehead atoms. The number of hydrogen-bond acceptors (Lipinski definition) is 4. The Morgan fingerprint density at radius 1 is 1.50 bits per heavy atom. The topological polar surface area (TPSA) is 37.6 Å². The van der Waals surface area contributed by atoms with E-state index in [1.807, 2.05) is 12.1 Å². The SMILES string of the molecule is CCOC1CC(NCC(c2ccco2)N(C)C)C1(C)C. The number of ether oxygens (including phenoxy) is 1. The van der Waals surface area contributed by atoms with Gasteiger partial charge in [0.25, 0.3) is 0 Å². The first-order valence-corrected chi connectivity index (χ1v) is 7.51. The van der Waals surface area contributed by atoms with Gasteiger partial charge in [-0.05, 0) is 39.6 Å². The van der Waals surface area contributed by atoms with Crippen LogP contribution in [0.2, 0.25) is 0 Å². The van der Waals surface area contributed by atoms with Crippen LogP contribution in [-0.4, -0.2) is 44.3 Å². The van der Waals surface area contributed by atoms with Gasteiger partial charge in [0.1, 0.15) is 5.76 Å². The van der Waals surface area contributed by atoms with Crippen molar-refractivity contribution in [3.63, 3.8) is 0 Å². The molecule has 0 amide bonds. The maximum Gasteiger partial charge on any atom is 0.122 e. The second-order valence-electron chi connectivity index (χ2n) is 6.46. The molecule has 3 atom stereocenters. The van der Waals surface area contributed by atoms with Gasteiger partial charge in [0.2, 0.25) is 0 Å². The molecule has 1 aromatic rings. The molecule has 1 heterocycles. The lowest BCUT2D eigenvalue weighted by atomic mass is 9.64. The van der Waals surface area contributed by atoms with E-state index in [4.69, 9.17) is 9.15 Å². The molecular weight excluding hydrogens is 252 g/mol. The maximum atomic E-state index is 5.78. The Morgan fingerprint density at radius 2 is 2.25 bits per heavy atom. The number of furan rings is 1. The molecule has 114 valence electrons. The summed E-state index contributed by atoms with van der Waals surface area (Å²) in [5, 5.41) is 3.69. The fourth-order valence-electron chi connectivity index (χ4n) is 2.99. The van der Waals surface area contributed by atoms with E-state index in [-0.39, 0.29) is 11.5 Å². The van der Waals surface area contributed by atoms with Gasteiger partial charge in [-0.1, -0.05) is 13.8 Å². The van der Waals surface area contributed by atoms with Gasteiger partial charge in [0.05, 0.1) is 18.4 Å². The van der Waals surface area contributed by atoms with Gasteiger partial charge in [-0.15, -0.1) is 0 Å². The largest absolute Gasteiger partial charge is 0.468 e. The van der Waals surface area contributed by atoms with Crippen LogP contribution in [-0.2, 0) is 4.74 Å². The second kappa shape index (κ2) is 6.29. The summed E-state index contributed by atoms with van der Waals surface area (Å²) in [6.07, 6.45) is 3.22. The van der Waals surface area contributed by atoms with Crippen LogP contribution in [0.5, 0.6) is 0 Å². The summed E-state index contributed by atoms with van der Waals surface area (Å²) in [6, 6.07) is 4.77. The predicted octanol–water partition coefficient (Wildman–Crippen LogP) is 2.68. The minimum atomic E-state index is 0.204. The first-order chi connectivity index (χ1) is 9.46. The molecule has 0 radical (unpaired) electrons. The zero-order valence-electron chi connectivity index (χ0n) is 13.3. The first-order valence-electron chi connectivity index (χ1n) is 7.51. The van der Waals surface area contributed by atoms with Crippen molar-refractivity contribution in [3.05, 3.63) is 24.2 Å². The molecule has 3 unspecified atom stereocenters. The molecule has 0 spiro atoms. The summed E-state index contributed by atoms with van der Waals surface area (Å²) < 4.78 is 11.3. The highest BCUT2D eigenvalue weighted by molar-refractivity contribution is 5.07. The molecule has 20 heavy (non-hydrogen) atoms. The zero-order chi connectivity index (χ0) is 14.8. The van der Waals surface area contributed by atoms with E-state index in [1.165, 1.54) is 0 Å².